The van der Waals surface area contributed by atoms with Gasteiger partial charge in [0.15, 0.2) is 0 Å². The topological polar surface area (TPSA) is 96.6 Å². The van der Waals surface area contributed by atoms with E-state index in [-0.39, 0.29) is 30.3 Å². The molecule has 1 saturated heterocycles. The number of amides is 3. The fourth-order valence-corrected chi connectivity index (χ4v) is 4.17. The predicted molar refractivity (Wildman–Crippen MR) is 109 cm³/mol. The van der Waals surface area contributed by atoms with Crippen LogP contribution in [0.5, 0.6) is 0 Å². The molecule has 30 heavy (non-hydrogen) atoms. The van der Waals surface area contributed by atoms with Crippen LogP contribution in [-0.4, -0.2) is 45.8 Å². The summed E-state index contributed by atoms with van der Waals surface area (Å²) in [5.41, 5.74) is 2.18. The Balaban J connectivity index is 1.40. The minimum Gasteiger partial charge on any atom is -0.464 e. The third-order valence-electron chi connectivity index (χ3n) is 5.69. The van der Waals surface area contributed by atoms with Gasteiger partial charge in [-0.25, -0.2) is 0 Å². The highest BCUT2D eigenvalue weighted by atomic mass is 16.3. The molecule has 2 aromatic heterocycles. The molecular formula is C22H20N4O4. The molecule has 2 aliphatic heterocycles. The Bertz CT molecular complexity index is 1150. The Labute approximate surface area is 172 Å². The molecule has 0 spiro atoms. The molecule has 2 N–H and O–H groups in total. The highest BCUT2D eigenvalue weighted by Gasteiger charge is 2.43. The van der Waals surface area contributed by atoms with Crippen molar-refractivity contribution in [1.82, 2.24) is 14.8 Å². The first kappa shape index (κ1) is 18.2. The van der Waals surface area contributed by atoms with Crippen LogP contribution in [0.4, 0.5) is 5.69 Å². The summed E-state index contributed by atoms with van der Waals surface area (Å²) in [5.74, 6) is -0.0637. The summed E-state index contributed by atoms with van der Waals surface area (Å²) < 4.78 is 7.16. The first-order valence-electron chi connectivity index (χ1n) is 9.73. The molecule has 8 heteroatoms. The van der Waals surface area contributed by atoms with Crippen molar-refractivity contribution in [3.63, 3.8) is 0 Å². The minimum atomic E-state index is -0.629. The second kappa shape index (κ2) is 6.91. The van der Waals surface area contributed by atoms with Crippen molar-refractivity contribution >= 4 is 23.4 Å². The number of hydrogen-bond donors (Lipinski definition) is 2. The van der Waals surface area contributed by atoms with Crippen LogP contribution in [0, 0.1) is 0 Å². The molecule has 4 heterocycles. The highest BCUT2D eigenvalue weighted by molar-refractivity contribution is 6.10. The van der Waals surface area contributed by atoms with E-state index in [1.807, 2.05) is 12.1 Å². The van der Waals surface area contributed by atoms with Crippen LogP contribution in [0.2, 0.25) is 0 Å². The SMILES string of the molecule is Cn1cccc1C(=O)NC1CC2C(=O)Nc3ccc(-c4ccco4)cc3C(=O)N2C1. The van der Waals surface area contributed by atoms with Crippen LogP contribution < -0.4 is 10.6 Å². The number of benzene rings is 1. The summed E-state index contributed by atoms with van der Waals surface area (Å²) in [4.78, 5) is 40.2. The molecule has 8 nitrogen and oxygen atoms in total. The van der Waals surface area contributed by atoms with Crippen molar-refractivity contribution in [2.24, 2.45) is 7.05 Å². The maximum Gasteiger partial charge on any atom is 0.268 e. The molecule has 0 radical (unpaired) electrons. The van der Waals surface area contributed by atoms with E-state index in [0.717, 1.165) is 5.56 Å². The fraction of sp³-hybridized carbons (Fsp3) is 0.227. The van der Waals surface area contributed by atoms with Crippen LogP contribution in [0.25, 0.3) is 11.3 Å². The fourth-order valence-electron chi connectivity index (χ4n) is 4.17. The average Bonchev–Trinajstić information content (AvgIpc) is 3.47. The van der Waals surface area contributed by atoms with Crippen molar-refractivity contribution in [2.75, 3.05) is 11.9 Å². The van der Waals surface area contributed by atoms with E-state index in [9.17, 15) is 14.4 Å². The molecule has 152 valence electrons. The Morgan fingerprint density at radius 2 is 2.07 bits per heavy atom. The summed E-state index contributed by atoms with van der Waals surface area (Å²) in [5, 5.41) is 5.81. The normalized spacial score (nSPS) is 20.4. The van der Waals surface area contributed by atoms with Gasteiger partial charge in [-0.1, -0.05) is 0 Å². The maximum absolute atomic E-state index is 13.3. The quantitative estimate of drug-likeness (QED) is 0.700. The third kappa shape index (κ3) is 2.97. The smallest absolute Gasteiger partial charge is 0.268 e. The molecule has 5 rings (SSSR count). The summed E-state index contributed by atoms with van der Waals surface area (Å²) >= 11 is 0. The number of anilines is 1. The van der Waals surface area contributed by atoms with Gasteiger partial charge in [0, 0.05) is 31.4 Å². The van der Waals surface area contributed by atoms with E-state index in [4.69, 9.17) is 4.42 Å². The van der Waals surface area contributed by atoms with Gasteiger partial charge in [-0.2, -0.15) is 0 Å². The van der Waals surface area contributed by atoms with E-state index in [2.05, 4.69) is 10.6 Å². The van der Waals surface area contributed by atoms with Gasteiger partial charge < -0.3 is 24.5 Å². The largest absolute Gasteiger partial charge is 0.464 e. The molecule has 2 unspecified atom stereocenters. The van der Waals surface area contributed by atoms with Crippen molar-refractivity contribution < 1.29 is 18.8 Å². The molecule has 3 amide bonds. The van der Waals surface area contributed by atoms with E-state index >= 15 is 0 Å². The molecule has 2 aliphatic rings. The van der Waals surface area contributed by atoms with Crippen molar-refractivity contribution in [3.05, 3.63) is 66.2 Å². The molecule has 3 aromatic rings. The van der Waals surface area contributed by atoms with E-state index in [1.165, 1.54) is 0 Å². The second-order valence-electron chi connectivity index (χ2n) is 7.61. The number of carbonyl (C=O) groups is 3. The number of aromatic nitrogens is 1. The summed E-state index contributed by atoms with van der Waals surface area (Å²) in [6, 6.07) is 11.4. The van der Waals surface area contributed by atoms with Crippen LogP contribution in [0.3, 0.4) is 0 Å². The molecule has 1 aromatic carbocycles. The first-order valence-corrected chi connectivity index (χ1v) is 9.73. The Hall–Kier alpha value is -3.81. The van der Waals surface area contributed by atoms with Gasteiger partial charge in [-0.15, -0.1) is 0 Å². The van der Waals surface area contributed by atoms with Crippen LogP contribution >= 0.6 is 0 Å². The van der Waals surface area contributed by atoms with E-state index < -0.39 is 6.04 Å². The number of furan rings is 1. The van der Waals surface area contributed by atoms with E-state index in [0.29, 0.717) is 29.1 Å². The molecule has 2 atom stereocenters. The van der Waals surface area contributed by atoms with Gasteiger partial charge in [0.2, 0.25) is 5.91 Å². The standard InChI is InChI=1S/C22H20N4O4/c1-25-8-2-4-17(25)20(27)23-14-11-18-21(28)24-16-7-6-13(19-5-3-9-30-19)10-15(16)22(29)26(18)12-14/h2-10,14,18H,11-12H2,1H3,(H,23,27)(H,24,28). The number of carbonyl (C=O) groups excluding carboxylic acids is 3. The predicted octanol–water partition coefficient (Wildman–Crippen LogP) is 2.25. The second-order valence-corrected chi connectivity index (χ2v) is 7.61. The van der Waals surface area contributed by atoms with E-state index in [1.54, 1.807) is 59.3 Å². The number of fused-ring (bicyclic) bond motifs is 2. The highest BCUT2D eigenvalue weighted by Crippen LogP contribution is 2.32. The van der Waals surface area contributed by atoms with Crippen molar-refractivity contribution in [1.29, 1.82) is 0 Å². The van der Waals surface area contributed by atoms with Crippen molar-refractivity contribution in [2.45, 2.75) is 18.5 Å². The van der Waals surface area contributed by atoms with Gasteiger partial charge in [0.1, 0.15) is 17.5 Å². The molecule has 0 bridgehead atoms. The Morgan fingerprint density at radius 1 is 1.20 bits per heavy atom. The van der Waals surface area contributed by atoms with Gasteiger partial charge in [0.25, 0.3) is 11.8 Å². The van der Waals surface area contributed by atoms with Gasteiger partial charge in [0.05, 0.1) is 17.5 Å². The lowest BCUT2D eigenvalue weighted by atomic mass is 10.1. The zero-order valence-corrected chi connectivity index (χ0v) is 16.3. The van der Waals surface area contributed by atoms with Crippen LogP contribution in [0.15, 0.2) is 59.3 Å². The number of hydrogen-bond acceptors (Lipinski definition) is 4. The van der Waals surface area contributed by atoms with Gasteiger partial charge in [-0.3, -0.25) is 14.4 Å². The van der Waals surface area contributed by atoms with Gasteiger partial charge in [-0.05, 0) is 48.9 Å². The Kier molecular flexibility index (Phi) is 4.20. The minimum absolute atomic E-state index is 0.224. The van der Waals surface area contributed by atoms with Crippen molar-refractivity contribution in [3.8, 4) is 11.3 Å². The zero-order chi connectivity index (χ0) is 20.8. The average molecular weight is 404 g/mol. The molecule has 0 aliphatic carbocycles. The molecule has 0 saturated carbocycles. The van der Waals surface area contributed by atoms with Crippen LogP contribution in [-0.2, 0) is 11.8 Å². The lowest BCUT2D eigenvalue weighted by Crippen LogP contribution is -2.41. The van der Waals surface area contributed by atoms with Crippen LogP contribution in [0.1, 0.15) is 27.3 Å². The van der Waals surface area contributed by atoms with Gasteiger partial charge >= 0.3 is 0 Å². The first-order chi connectivity index (χ1) is 14.5. The molecular weight excluding hydrogens is 384 g/mol. The maximum atomic E-state index is 13.3. The zero-order valence-electron chi connectivity index (χ0n) is 16.3. The number of nitrogens with zero attached hydrogens (tertiary/aromatic N) is 2. The number of rotatable bonds is 3. The summed E-state index contributed by atoms with van der Waals surface area (Å²) in [7, 11) is 1.79. The lowest BCUT2D eigenvalue weighted by molar-refractivity contribution is -0.119. The summed E-state index contributed by atoms with van der Waals surface area (Å²) in [6.45, 7) is 0.275. The monoisotopic (exact) mass is 404 g/mol. The number of nitrogens with one attached hydrogen (secondary N) is 2. The lowest BCUT2D eigenvalue weighted by Gasteiger charge is -2.20. The Morgan fingerprint density at radius 3 is 2.80 bits per heavy atom. The third-order valence-corrected chi connectivity index (χ3v) is 5.69. The number of aryl methyl sites for hydroxylation is 1. The molecule has 1 fully saturated rings. The summed E-state index contributed by atoms with van der Waals surface area (Å²) in [6.07, 6.45) is 3.73.